The molecule has 4 nitrogen and oxygen atoms in total. The highest BCUT2D eigenvalue weighted by atomic mass is 16.5. The maximum absolute atomic E-state index is 12.9. The average Bonchev–Trinajstić information content (AvgIpc) is 2.85. The van der Waals surface area contributed by atoms with E-state index in [4.69, 9.17) is 9.47 Å². The van der Waals surface area contributed by atoms with Crippen LogP contribution in [0.3, 0.4) is 0 Å². The second-order valence-corrected chi connectivity index (χ2v) is 10.5. The molecule has 0 N–H and O–H groups in total. The fourth-order valence-electron chi connectivity index (χ4n) is 5.19. The Morgan fingerprint density at radius 1 is 0.618 bits per heavy atom. The number of carbonyl (C=O) groups is 2. The van der Waals surface area contributed by atoms with Crippen LogP contribution in [-0.2, 0) is 19.1 Å². The van der Waals surface area contributed by atoms with Gasteiger partial charge in [-0.3, -0.25) is 9.59 Å². The number of rotatable bonds is 21. The van der Waals surface area contributed by atoms with Gasteiger partial charge >= 0.3 is 11.9 Å². The molecular weight excluding hydrogens is 424 g/mol. The van der Waals surface area contributed by atoms with Crippen LogP contribution in [0.5, 0.6) is 0 Å². The summed E-state index contributed by atoms with van der Waals surface area (Å²) >= 11 is 0. The molecule has 0 aromatic carbocycles. The number of hydrogen-bond acceptors (Lipinski definition) is 4. The largest absolute Gasteiger partial charge is 0.465 e. The smallest absolute Gasteiger partial charge is 0.310 e. The molecule has 0 aromatic heterocycles. The number of ether oxygens (including phenoxy) is 2. The van der Waals surface area contributed by atoms with Gasteiger partial charge in [0, 0.05) is 0 Å². The molecule has 0 heterocycles. The zero-order valence-corrected chi connectivity index (χ0v) is 22.9. The minimum atomic E-state index is -0.316. The monoisotopic (exact) mass is 480 g/mol. The SMILES string of the molecule is CCCCCCCCCCCCCCOC(=O)C1CCCCC1C(=O)OC(CCC)CCCC. The zero-order valence-electron chi connectivity index (χ0n) is 22.9. The van der Waals surface area contributed by atoms with Crippen molar-refractivity contribution in [3.63, 3.8) is 0 Å². The minimum Gasteiger partial charge on any atom is -0.465 e. The van der Waals surface area contributed by atoms with Gasteiger partial charge in [-0.05, 0) is 32.1 Å². The van der Waals surface area contributed by atoms with E-state index in [0.29, 0.717) is 6.61 Å². The third-order valence-electron chi connectivity index (χ3n) is 7.39. The van der Waals surface area contributed by atoms with E-state index in [0.717, 1.165) is 70.6 Å². The molecule has 0 saturated heterocycles. The van der Waals surface area contributed by atoms with Crippen LogP contribution >= 0.6 is 0 Å². The summed E-state index contributed by atoms with van der Waals surface area (Å²) < 4.78 is 11.5. The Balaban J connectivity index is 2.21. The van der Waals surface area contributed by atoms with E-state index < -0.39 is 0 Å². The zero-order chi connectivity index (χ0) is 24.9. The summed E-state index contributed by atoms with van der Waals surface area (Å²) in [6.45, 7) is 7.05. The van der Waals surface area contributed by atoms with Gasteiger partial charge < -0.3 is 9.47 Å². The van der Waals surface area contributed by atoms with Crippen molar-refractivity contribution < 1.29 is 19.1 Å². The number of hydrogen-bond donors (Lipinski definition) is 0. The van der Waals surface area contributed by atoms with Gasteiger partial charge in [-0.2, -0.15) is 0 Å². The summed E-state index contributed by atoms with van der Waals surface area (Å²) in [5, 5.41) is 0. The standard InChI is InChI=1S/C30H56O4/c1-4-7-9-10-11-12-13-14-15-16-17-20-25-33-29(31)27-23-18-19-24-28(27)30(32)34-26(21-6-3)22-8-5-2/h26-28H,4-25H2,1-3H3. The summed E-state index contributed by atoms with van der Waals surface area (Å²) in [5.41, 5.74) is 0. The Morgan fingerprint density at radius 3 is 1.65 bits per heavy atom. The molecule has 0 amide bonds. The molecule has 1 fully saturated rings. The third-order valence-corrected chi connectivity index (χ3v) is 7.39. The fourth-order valence-corrected chi connectivity index (χ4v) is 5.19. The molecule has 1 saturated carbocycles. The quantitative estimate of drug-likeness (QED) is 0.121. The van der Waals surface area contributed by atoms with E-state index in [9.17, 15) is 9.59 Å². The van der Waals surface area contributed by atoms with Crippen molar-refractivity contribution >= 4 is 11.9 Å². The highest BCUT2D eigenvalue weighted by molar-refractivity contribution is 5.82. The van der Waals surface area contributed by atoms with E-state index in [-0.39, 0.29) is 29.9 Å². The van der Waals surface area contributed by atoms with Crippen LogP contribution in [0.2, 0.25) is 0 Å². The lowest BCUT2D eigenvalue weighted by Gasteiger charge is -2.30. The predicted octanol–water partition coefficient (Wildman–Crippen LogP) is 8.94. The molecule has 0 radical (unpaired) electrons. The summed E-state index contributed by atoms with van der Waals surface area (Å²) in [4.78, 5) is 25.7. The van der Waals surface area contributed by atoms with Gasteiger partial charge in [0.05, 0.1) is 18.4 Å². The van der Waals surface area contributed by atoms with Crippen LogP contribution in [0, 0.1) is 11.8 Å². The summed E-state index contributed by atoms with van der Waals surface area (Å²) in [6, 6.07) is 0. The number of esters is 2. The Hall–Kier alpha value is -1.06. The second-order valence-electron chi connectivity index (χ2n) is 10.5. The van der Waals surface area contributed by atoms with Crippen LogP contribution in [0.1, 0.15) is 156 Å². The van der Waals surface area contributed by atoms with E-state index in [2.05, 4.69) is 20.8 Å². The highest BCUT2D eigenvalue weighted by Crippen LogP contribution is 2.33. The van der Waals surface area contributed by atoms with E-state index in [1.807, 2.05) is 0 Å². The normalized spacial score (nSPS) is 19.0. The molecule has 3 atom stereocenters. The fraction of sp³-hybridized carbons (Fsp3) is 0.933. The van der Waals surface area contributed by atoms with Crippen molar-refractivity contribution in [1.29, 1.82) is 0 Å². The van der Waals surface area contributed by atoms with Gasteiger partial charge in [0.25, 0.3) is 0 Å². The first kappa shape index (κ1) is 31.0. The predicted molar refractivity (Wildman–Crippen MR) is 142 cm³/mol. The van der Waals surface area contributed by atoms with Gasteiger partial charge in [-0.1, -0.05) is 124 Å². The number of carbonyl (C=O) groups excluding carboxylic acids is 2. The Labute approximate surface area is 211 Å². The van der Waals surface area contributed by atoms with E-state index in [1.165, 1.54) is 64.2 Å². The van der Waals surface area contributed by atoms with Crippen LogP contribution in [0.25, 0.3) is 0 Å². The first-order valence-electron chi connectivity index (χ1n) is 15.0. The van der Waals surface area contributed by atoms with Gasteiger partial charge in [-0.15, -0.1) is 0 Å². The highest BCUT2D eigenvalue weighted by Gasteiger charge is 2.38. The topological polar surface area (TPSA) is 52.6 Å². The molecule has 1 aliphatic carbocycles. The van der Waals surface area contributed by atoms with Gasteiger partial charge in [0.15, 0.2) is 0 Å². The lowest BCUT2D eigenvalue weighted by atomic mass is 9.79. The molecule has 1 aliphatic rings. The second kappa shape index (κ2) is 21.2. The molecule has 1 rings (SSSR count). The first-order chi connectivity index (χ1) is 16.6. The van der Waals surface area contributed by atoms with E-state index in [1.54, 1.807) is 0 Å². The molecule has 0 aromatic rings. The lowest BCUT2D eigenvalue weighted by Crippen LogP contribution is -2.36. The molecule has 0 spiro atoms. The number of unbranched alkanes of at least 4 members (excludes halogenated alkanes) is 12. The van der Waals surface area contributed by atoms with E-state index >= 15 is 0 Å². The lowest BCUT2D eigenvalue weighted by molar-refractivity contribution is -0.166. The van der Waals surface area contributed by atoms with Crippen molar-refractivity contribution in [3.8, 4) is 0 Å². The minimum absolute atomic E-state index is 0.00268. The van der Waals surface area contributed by atoms with Crippen LogP contribution in [0.4, 0.5) is 0 Å². The maximum atomic E-state index is 12.9. The summed E-state index contributed by atoms with van der Waals surface area (Å²) in [6.07, 6.45) is 24.1. The van der Waals surface area contributed by atoms with Crippen molar-refractivity contribution in [1.82, 2.24) is 0 Å². The van der Waals surface area contributed by atoms with Crippen LogP contribution in [-0.4, -0.2) is 24.6 Å². The van der Waals surface area contributed by atoms with Crippen molar-refractivity contribution in [2.45, 2.75) is 162 Å². The van der Waals surface area contributed by atoms with Gasteiger partial charge in [0.1, 0.15) is 6.10 Å². The van der Waals surface area contributed by atoms with Crippen LogP contribution in [0.15, 0.2) is 0 Å². The van der Waals surface area contributed by atoms with Crippen LogP contribution < -0.4 is 0 Å². The van der Waals surface area contributed by atoms with Gasteiger partial charge in [-0.25, -0.2) is 0 Å². The molecule has 200 valence electrons. The Bertz CT molecular complexity index is 504. The van der Waals surface area contributed by atoms with Crippen molar-refractivity contribution in [2.24, 2.45) is 11.8 Å². The average molecular weight is 481 g/mol. The maximum Gasteiger partial charge on any atom is 0.310 e. The van der Waals surface area contributed by atoms with Crippen molar-refractivity contribution in [3.05, 3.63) is 0 Å². The Morgan fingerprint density at radius 2 is 1.12 bits per heavy atom. The molecule has 4 heteroatoms. The summed E-state index contributed by atoms with van der Waals surface area (Å²) in [7, 11) is 0. The molecule has 0 aliphatic heterocycles. The molecule has 34 heavy (non-hydrogen) atoms. The Kier molecular flexibility index (Phi) is 19.3. The first-order valence-corrected chi connectivity index (χ1v) is 15.0. The molecular formula is C30H56O4. The van der Waals surface area contributed by atoms with Crippen molar-refractivity contribution in [2.75, 3.05) is 6.61 Å². The molecule has 0 bridgehead atoms. The molecule has 3 unspecified atom stereocenters. The third kappa shape index (κ3) is 14.4. The summed E-state index contributed by atoms with van der Waals surface area (Å²) in [5.74, 6) is -0.969. The van der Waals surface area contributed by atoms with Gasteiger partial charge in [0.2, 0.25) is 0 Å².